The molecule has 1 atom stereocenters. The molecular weight excluding hydrogens is 511 g/mol. The lowest BCUT2D eigenvalue weighted by Crippen LogP contribution is -2.38. The third-order valence-electron chi connectivity index (χ3n) is 5.80. The first kappa shape index (κ1) is 26.2. The third-order valence-corrected chi connectivity index (χ3v) is 5.80. The molecule has 2 aromatic rings. The average molecular weight is 549 g/mol. The second-order valence-electron chi connectivity index (χ2n) is 8.21. The number of carbonyl (C=O) groups excluding carboxylic acids is 1. The zero-order chi connectivity index (χ0) is 21.9. The molecule has 6 heteroatoms. The van der Waals surface area contributed by atoms with Crippen LogP contribution in [0.1, 0.15) is 37.0 Å². The Hall–Kier alpha value is -2.09. The molecule has 1 unspecified atom stereocenters. The summed E-state index contributed by atoms with van der Waals surface area (Å²) in [6, 6.07) is 19.2. The number of guanidine groups is 1. The van der Waals surface area contributed by atoms with Gasteiger partial charge in [-0.15, -0.1) is 24.0 Å². The van der Waals surface area contributed by atoms with Crippen molar-refractivity contribution in [1.82, 2.24) is 15.5 Å². The van der Waals surface area contributed by atoms with E-state index >= 15 is 0 Å². The molecule has 0 aliphatic carbocycles. The van der Waals surface area contributed by atoms with Crippen molar-refractivity contribution in [3.63, 3.8) is 0 Å². The Morgan fingerprint density at radius 3 is 2.34 bits per heavy atom. The lowest BCUT2D eigenvalue weighted by atomic mass is 10.1. The van der Waals surface area contributed by atoms with Gasteiger partial charge < -0.3 is 15.5 Å². The molecule has 5 nitrogen and oxygen atoms in total. The monoisotopic (exact) mass is 548 g/mol. The zero-order valence-corrected chi connectivity index (χ0v) is 21.7. The molecule has 3 rings (SSSR count). The predicted molar refractivity (Wildman–Crippen MR) is 144 cm³/mol. The average Bonchev–Trinajstić information content (AvgIpc) is 3.16. The van der Waals surface area contributed by atoms with Crippen LogP contribution in [0.15, 0.2) is 59.6 Å². The summed E-state index contributed by atoms with van der Waals surface area (Å²) in [5.41, 5.74) is 3.98. The first-order valence-corrected chi connectivity index (χ1v) is 11.6. The van der Waals surface area contributed by atoms with Crippen molar-refractivity contribution in [2.24, 2.45) is 10.9 Å². The van der Waals surface area contributed by atoms with Crippen LogP contribution < -0.4 is 10.6 Å². The van der Waals surface area contributed by atoms with Crippen LogP contribution in [0.5, 0.6) is 0 Å². The van der Waals surface area contributed by atoms with Crippen LogP contribution in [-0.4, -0.2) is 49.5 Å². The van der Waals surface area contributed by atoms with Crippen LogP contribution in [0.2, 0.25) is 0 Å². The standard InChI is InChI=1S/C26H36N4O.HI/c1-3-21-10-12-23(13-11-21)14-16-28-26(27-4-2)29-19-24-18-25(31)30(20-24)17-15-22-8-6-5-7-9-22;/h5-13,24H,3-4,14-20H2,1-2H3,(H2,27,28,29);1H. The van der Waals surface area contributed by atoms with E-state index in [1.165, 1.54) is 16.7 Å². The predicted octanol–water partition coefficient (Wildman–Crippen LogP) is 4.06. The number of nitrogens with one attached hydrogen (secondary N) is 2. The van der Waals surface area contributed by atoms with Crippen molar-refractivity contribution in [3.8, 4) is 0 Å². The molecule has 174 valence electrons. The molecule has 2 N–H and O–H groups in total. The van der Waals surface area contributed by atoms with Crippen LogP contribution in [0.25, 0.3) is 0 Å². The van der Waals surface area contributed by atoms with E-state index in [0.717, 1.165) is 51.4 Å². The van der Waals surface area contributed by atoms with E-state index in [0.29, 0.717) is 18.9 Å². The minimum absolute atomic E-state index is 0. The molecule has 0 bridgehead atoms. The van der Waals surface area contributed by atoms with Gasteiger partial charge in [-0.1, -0.05) is 61.5 Å². The van der Waals surface area contributed by atoms with E-state index in [-0.39, 0.29) is 29.9 Å². The molecule has 0 spiro atoms. The lowest BCUT2D eigenvalue weighted by Gasteiger charge is -2.16. The molecule has 0 saturated carbocycles. The number of benzene rings is 2. The van der Waals surface area contributed by atoms with E-state index < -0.39 is 0 Å². The molecular formula is C26H37IN4O. The van der Waals surface area contributed by atoms with Crippen LogP contribution in [-0.2, 0) is 24.1 Å². The topological polar surface area (TPSA) is 56.7 Å². The zero-order valence-electron chi connectivity index (χ0n) is 19.3. The van der Waals surface area contributed by atoms with E-state index in [9.17, 15) is 4.79 Å². The Morgan fingerprint density at radius 2 is 1.66 bits per heavy atom. The Labute approximate surface area is 210 Å². The number of rotatable bonds is 10. The summed E-state index contributed by atoms with van der Waals surface area (Å²) in [4.78, 5) is 19.1. The molecule has 0 aromatic heterocycles. The smallest absolute Gasteiger partial charge is 0.223 e. The van der Waals surface area contributed by atoms with Gasteiger partial charge in [0.25, 0.3) is 0 Å². The van der Waals surface area contributed by atoms with E-state index in [4.69, 9.17) is 4.99 Å². The van der Waals surface area contributed by atoms with E-state index in [1.807, 2.05) is 23.1 Å². The van der Waals surface area contributed by atoms with Crippen molar-refractivity contribution in [2.45, 2.75) is 39.5 Å². The Morgan fingerprint density at radius 1 is 0.969 bits per heavy atom. The number of halogens is 1. The van der Waals surface area contributed by atoms with Gasteiger partial charge in [0, 0.05) is 45.1 Å². The second-order valence-corrected chi connectivity index (χ2v) is 8.21. The van der Waals surface area contributed by atoms with Gasteiger partial charge in [-0.2, -0.15) is 0 Å². The third kappa shape index (κ3) is 8.45. The first-order chi connectivity index (χ1) is 15.2. The highest BCUT2D eigenvalue weighted by Crippen LogP contribution is 2.18. The number of hydrogen-bond acceptors (Lipinski definition) is 2. The largest absolute Gasteiger partial charge is 0.357 e. The molecule has 1 amide bonds. The van der Waals surface area contributed by atoms with Gasteiger partial charge >= 0.3 is 0 Å². The Bertz CT molecular complexity index is 839. The first-order valence-electron chi connectivity index (χ1n) is 11.6. The fourth-order valence-corrected chi connectivity index (χ4v) is 3.93. The molecule has 1 aliphatic heterocycles. The SMILES string of the molecule is CCNC(=NCC1CC(=O)N(CCc2ccccc2)C1)NCCc1ccc(CC)cc1.I. The van der Waals surface area contributed by atoms with Crippen molar-refractivity contribution in [3.05, 3.63) is 71.3 Å². The van der Waals surface area contributed by atoms with E-state index in [2.05, 4.69) is 60.9 Å². The minimum Gasteiger partial charge on any atom is -0.357 e. The quantitative estimate of drug-likeness (QED) is 0.268. The number of aryl methyl sites for hydroxylation is 1. The number of carbonyl (C=O) groups is 1. The maximum Gasteiger partial charge on any atom is 0.223 e. The summed E-state index contributed by atoms with van der Waals surface area (Å²) >= 11 is 0. The van der Waals surface area contributed by atoms with Gasteiger partial charge in [-0.05, 0) is 42.9 Å². The summed E-state index contributed by atoms with van der Waals surface area (Å²) < 4.78 is 0. The highest BCUT2D eigenvalue weighted by molar-refractivity contribution is 14.0. The van der Waals surface area contributed by atoms with Gasteiger partial charge in [-0.3, -0.25) is 9.79 Å². The van der Waals surface area contributed by atoms with Gasteiger partial charge in [0.1, 0.15) is 0 Å². The molecule has 0 radical (unpaired) electrons. The maximum atomic E-state index is 12.4. The second kappa shape index (κ2) is 14.1. The number of nitrogens with zero attached hydrogens (tertiary/aromatic N) is 2. The minimum atomic E-state index is 0. The maximum absolute atomic E-state index is 12.4. The number of hydrogen-bond donors (Lipinski definition) is 2. The molecule has 1 saturated heterocycles. The van der Waals surface area contributed by atoms with Crippen molar-refractivity contribution in [2.75, 3.05) is 32.7 Å². The van der Waals surface area contributed by atoms with Gasteiger partial charge in [0.2, 0.25) is 5.91 Å². The Balaban J connectivity index is 0.00000363. The van der Waals surface area contributed by atoms with Crippen LogP contribution in [0.3, 0.4) is 0 Å². The number of amides is 1. The van der Waals surface area contributed by atoms with Crippen molar-refractivity contribution < 1.29 is 4.79 Å². The normalized spacial score (nSPS) is 16.1. The summed E-state index contributed by atoms with van der Waals surface area (Å²) in [6.07, 6.45) is 3.54. The fourth-order valence-electron chi connectivity index (χ4n) is 3.93. The van der Waals surface area contributed by atoms with Crippen LogP contribution in [0, 0.1) is 5.92 Å². The molecule has 1 fully saturated rings. The summed E-state index contributed by atoms with van der Waals surface area (Å²) in [7, 11) is 0. The molecule has 32 heavy (non-hydrogen) atoms. The van der Waals surface area contributed by atoms with Gasteiger partial charge in [0.15, 0.2) is 5.96 Å². The summed E-state index contributed by atoms with van der Waals surface area (Å²) in [6.45, 7) is 8.18. The highest BCUT2D eigenvalue weighted by atomic mass is 127. The van der Waals surface area contributed by atoms with E-state index in [1.54, 1.807) is 0 Å². The van der Waals surface area contributed by atoms with Crippen LogP contribution >= 0.6 is 24.0 Å². The van der Waals surface area contributed by atoms with Crippen molar-refractivity contribution >= 4 is 35.8 Å². The highest BCUT2D eigenvalue weighted by Gasteiger charge is 2.28. The molecule has 1 aliphatic rings. The number of likely N-dealkylation sites (tertiary alicyclic amines) is 1. The van der Waals surface area contributed by atoms with Crippen LogP contribution in [0.4, 0.5) is 0 Å². The molecule has 1 heterocycles. The lowest BCUT2D eigenvalue weighted by molar-refractivity contribution is -0.127. The summed E-state index contributed by atoms with van der Waals surface area (Å²) in [5, 5.41) is 6.75. The number of aliphatic imine (C=N–C) groups is 1. The van der Waals surface area contributed by atoms with Gasteiger partial charge in [0.05, 0.1) is 0 Å². The Kier molecular flexibility index (Phi) is 11.6. The van der Waals surface area contributed by atoms with Crippen molar-refractivity contribution in [1.29, 1.82) is 0 Å². The van der Waals surface area contributed by atoms with Gasteiger partial charge in [-0.25, -0.2) is 0 Å². The molecule has 2 aromatic carbocycles. The summed E-state index contributed by atoms with van der Waals surface area (Å²) in [5.74, 6) is 1.38. The fraction of sp³-hybridized carbons (Fsp3) is 0.462.